The van der Waals surface area contributed by atoms with E-state index in [2.05, 4.69) is 40.6 Å². The Bertz CT molecular complexity index is 2730. The first-order valence-corrected chi connectivity index (χ1v) is 19.5. The van der Waals surface area contributed by atoms with E-state index in [0.29, 0.717) is 17.2 Å². The van der Waals surface area contributed by atoms with Crippen LogP contribution in [0, 0.1) is 30.3 Å². The van der Waals surface area contributed by atoms with Gasteiger partial charge in [0.1, 0.15) is 12.2 Å². The number of amides is 6. The minimum absolute atomic E-state index is 0.117. The van der Waals surface area contributed by atoms with Gasteiger partial charge in [0.05, 0.1) is 26.5 Å². The van der Waals surface area contributed by atoms with Crippen LogP contribution in [0.3, 0.4) is 0 Å². The molecular weight excluding hydrogens is 985 g/mol. The third kappa shape index (κ3) is 16.7. The Morgan fingerprint density at radius 2 is 1.08 bits per heavy atom. The van der Waals surface area contributed by atoms with Gasteiger partial charge < -0.3 is 88.2 Å². The normalized spacial score (nSPS) is 12.9. The number of non-ortho nitro benzene ring substituents is 1. The number of hydrogen-bond donors (Lipinski definition) is 17. The third-order valence-electron chi connectivity index (χ3n) is 8.67. The maximum absolute atomic E-state index is 14.2. The Balaban J connectivity index is 2.08. The van der Waals surface area contributed by atoms with Gasteiger partial charge in [-0.1, -0.05) is 30.3 Å². The summed E-state index contributed by atoms with van der Waals surface area (Å²) in [6.45, 7) is -0.926. The quantitative estimate of drug-likeness (QED) is 0.00936. The minimum atomic E-state index is -2.70. The molecular formula is C34H44N24O15. The third-order valence-corrected chi connectivity index (χ3v) is 8.67. The molecule has 3 rings (SSSR count). The molecule has 1 aromatic heterocycles. The Kier molecular flexibility index (Phi) is 19.7. The van der Waals surface area contributed by atoms with Crippen molar-refractivity contribution in [2.75, 3.05) is 10.4 Å². The van der Waals surface area contributed by atoms with Crippen molar-refractivity contribution in [3.05, 3.63) is 102 Å². The van der Waals surface area contributed by atoms with E-state index in [1.165, 1.54) is 30.3 Å². The van der Waals surface area contributed by atoms with Gasteiger partial charge in [-0.15, -0.1) is 4.99 Å². The lowest BCUT2D eigenvalue weighted by Crippen LogP contribution is -2.58. The largest absolute Gasteiger partial charge is 0.370 e. The lowest BCUT2D eigenvalue weighted by Gasteiger charge is -2.29. The van der Waals surface area contributed by atoms with Crippen molar-refractivity contribution >= 4 is 87.8 Å². The molecule has 6 unspecified atom stereocenters. The van der Waals surface area contributed by atoms with Gasteiger partial charge in [0, 0.05) is 18.7 Å². The molecule has 0 fully saturated rings. The van der Waals surface area contributed by atoms with Gasteiger partial charge in [0.25, 0.3) is 40.9 Å². The molecule has 0 aliphatic rings. The number of nitrogens with two attached hydrogens (primary N) is 9. The van der Waals surface area contributed by atoms with E-state index >= 15 is 0 Å². The van der Waals surface area contributed by atoms with Crippen molar-refractivity contribution in [3.63, 3.8) is 0 Å². The van der Waals surface area contributed by atoms with Crippen LogP contribution < -0.4 is 88.6 Å². The number of aliphatic hydroxyl groups is 1. The van der Waals surface area contributed by atoms with E-state index in [0.717, 1.165) is 18.2 Å². The van der Waals surface area contributed by atoms with Crippen LogP contribution in [0.25, 0.3) is 0 Å². The van der Waals surface area contributed by atoms with Crippen molar-refractivity contribution in [1.82, 2.24) is 31.6 Å². The molecule has 0 aliphatic carbocycles. The number of carbonyl (C=O) groups excluding carboxylic acids is 6. The molecule has 26 N–H and O–H groups in total. The molecule has 3 aromatic rings. The number of hydrogen-bond acceptors (Lipinski definition) is 22. The summed E-state index contributed by atoms with van der Waals surface area (Å²) in [4.78, 5) is 135. The second-order valence-electron chi connectivity index (χ2n) is 14.0. The van der Waals surface area contributed by atoms with Gasteiger partial charge in [-0.25, -0.2) is 35.7 Å². The number of aliphatic hydroxyl groups excluding tert-OH is 1. The summed E-state index contributed by atoms with van der Waals surface area (Å²) < 4.78 is 0. The highest BCUT2D eigenvalue weighted by molar-refractivity contribution is 5.99. The zero-order valence-electron chi connectivity index (χ0n) is 36.9. The number of benzene rings is 2. The number of anilines is 2. The van der Waals surface area contributed by atoms with E-state index in [4.69, 9.17) is 56.9 Å². The van der Waals surface area contributed by atoms with Gasteiger partial charge in [-0.2, -0.15) is 0 Å². The van der Waals surface area contributed by atoms with Crippen LogP contribution in [-0.2, 0) is 40.3 Å². The number of pyridine rings is 1. The second-order valence-corrected chi connectivity index (χ2v) is 14.0. The van der Waals surface area contributed by atoms with Gasteiger partial charge >= 0.3 is 5.69 Å². The first-order valence-electron chi connectivity index (χ1n) is 19.5. The Labute approximate surface area is 405 Å². The highest BCUT2D eigenvalue weighted by Gasteiger charge is 2.37. The maximum Gasteiger partial charge on any atom is 0.318 e. The average Bonchev–Trinajstić information content (AvgIpc) is 3.30. The van der Waals surface area contributed by atoms with E-state index < -0.39 is 140 Å². The van der Waals surface area contributed by atoms with E-state index in [1.54, 1.807) is 0 Å². The molecule has 39 nitrogen and oxygen atoms in total. The van der Waals surface area contributed by atoms with Gasteiger partial charge in [0.2, 0.25) is 42.6 Å². The van der Waals surface area contributed by atoms with Crippen molar-refractivity contribution < 1.29 is 58.9 Å². The fraction of sp³-hybridized carbons (Fsp3) is 0.206. The fourth-order valence-corrected chi connectivity index (χ4v) is 5.74. The summed E-state index contributed by atoms with van der Waals surface area (Å²) >= 11 is 0. The summed E-state index contributed by atoms with van der Waals surface area (Å²) in [6, 6.07) is 7.88. The summed E-state index contributed by atoms with van der Waals surface area (Å²) in [7, 11) is 0. The summed E-state index contributed by atoms with van der Waals surface area (Å²) in [6.07, 6.45) is -10.9. The van der Waals surface area contributed by atoms with Crippen LogP contribution >= 0.6 is 0 Å². The summed E-state index contributed by atoms with van der Waals surface area (Å²) in [5.74, 6) is -12.9. The van der Waals surface area contributed by atoms with Gasteiger partial charge in [0.15, 0.2) is 23.8 Å². The molecule has 39 heteroatoms. The standard InChI is InChI=1S/C34H44N24O15/c35-19(59)20(50-31(36)37)46-26(61)22(52-33(40)41)48-28(63)23(53-34(42)43)49-27(62)21(51-32(38)39)47-25(60)18(13-4-2-1-3-5-13)45-29(64)30(65)55(24-17(58(70)71)9-16(10-44-24)57(68)69)11-12-6-14(54-73-72)8-15(7-12)56(66)67/h1-10,18,20-23,30,54,65,72H,11H2,(H2,35,59)(H,45,64)(H,46,61)(H,47,60)(H,48,63)(H,49,62)(H4,36,37,50)(H4,38,39,51)(H4,40,41,52)(H4,42,43,53). The van der Waals surface area contributed by atoms with E-state index in [-0.39, 0.29) is 16.8 Å². The lowest BCUT2D eigenvalue weighted by atomic mass is 10.1. The monoisotopic (exact) mass is 1030 g/mol. The molecule has 0 radical (unpaired) electrons. The number of nitrogens with zero attached hydrogens (tertiary/aromatic N) is 9. The lowest BCUT2D eigenvalue weighted by molar-refractivity contribution is -0.394. The predicted octanol–water partition coefficient (Wildman–Crippen LogP) is -7.85. The van der Waals surface area contributed by atoms with Crippen LogP contribution in [0.1, 0.15) is 17.2 Å². The summed E-state index contributed by atoms with van der Waals surface area (Å²) in [5, 5.41) is 66.2. The Hall–Kier alpha value is -10.8. The van der Waals surface area contributed by atoms with E-state index in [9.17, 15) is 64.2 Å². The number of primary amides is 1. The zero-order valence-corrected chi connectivity index (χ0v) is 36.9. The highest BCUT2D eigenvalue weighted by atomic mass is 17.2. The average molecular weight is 1030 g/mol. The molecule has 1 heterocycles. The SMILES string of the molecule is NC(=O)C(N=C(N)N)NC(=O)C(N=C(N)N)NC(=O)C(N=C(N)N)NC(=O)C(N=C(N)N)NC(=O)C(NC(=O)C(O)N(Cc1cc(NOO)cc([N+](=O)[O-])c1)c1ncc([N+](=O)[O-])cc1[N+](=O)[O-])c1ccccc1. The Morgan fingerprint density at radius 3 is 1.52 bits per heavy atom. The fourth-order valence-electron chi connectivity index (χ4n) is 5.74. The van der Waals surface area contributed by atoms with Crippen LogP contribution in [-0.4, -0.2) is 120 Å². The molecule has 6 amide bonds. The number of rotatable bonds is 25. The van der Waals surface area contributed by atoms with Crippen LogP contribution in [0.2, 0.25) is 0 Å². The number of nitro benzene ring substituents is 1. The molecule has 0 saturated carbocycles. The molecule has 0 aliphatic heterocycles. The zero-order chi connectivity index (χ0) is 54.9. The second kappa shape index (κ2) is 25.5. The van der Waals surface area contributed by atoms with Crippen molar-refractivity contribution in [2.24, 2.45) is 71.6 Å². The van der Waals surface area contributed by atoms with Crippen molar-refractivity contribution in [2.45, 2.75) is 43.5 Å². The number of aliphatic imine (C=N–C) groups is 4. The number of guanidine groups is 4. The van der Waals surface area contributed by atoms with Crippen LogP contribution in [0.15, 0.2) is 80.8 Å². The smallest absolute Gasteiger partial charge is 0.318 e. The van der Waals surface area contributed by atoms with Gasteiger partial charge in [-0.3, -0.25) is 59.1 Å². The van der Waals surface area contributed by atoms with Crippen molar-refractivity contribution in [1.29, 1.82) is 0 Å². The van der Waals surface area contributed by atoms with Gasteiger partial charge in [-0.05, 0) is 17.2 Å². The molecule has 2 aromatic carbocycles. The number of aromatic nitrogens is 1. The maximum atomic E-state index is 14.2. The molecule has 390 valence electrons. The molecule has 0 saturated heterocycles. The number of nitrogens with one attached hydrogen (secondary N) is 6. The van der Waals surface area contributed by atoms with Crippen LogP contribution in [0.4, 0.5) is 28.6 Å². The number of carbonyl (C=O) groups is 6. The molecule has 0 bridgehead atoms. The molecule has 73 heavy (non-hydrogen) atoms. The summed E-state index contributed by atoms with van der Waals surface area (Å²) in [5.41, 5.74) is 46.9. The predicted molar refractivity (Wildman–Crippen MR) is 248 cm³/mol. The topological polar surface area (TPSA) is 653 Å². The molecule has 0 spiro atoms. The van der Waals surface area contributed by atoms with Crippen molar-refractivity contribution in [3.8, 4) is 0 Å². The molecule has 6 atom stereocenters. The first kappa shape index (κ1) is 56.5. The first-order chi connectivity index (χ1) is 34.2. The number of nitro groups is 3. The van der Waals surface area contributed by atoms with E-state index in [1.807, 2.05) is 21.4 Å². The minimum Gasteiger partial charge on any atom is -0.370 e. The highest BCUT2D eigenvalue weighted by Crippen LogP contribution is 2.33. The van der Waals surface area contributed by atoms with Crippen LogP contribution in [0.5, 0.6) is 0 Å². The Morgan fingerprint density at radius 1 is 0.616 bits per heavy atom.